The highest BCUT2D eigenvalue weighted by Gasteiger charge is 2.49. The molecule has 0 unspecified atom stereocenters. The summed E-state index contributed by atoms with van der Waals surface area (Å²) in [5, 5.41) is 9.41. The molecule has 0 aliphatic carbocycles. The largest absolute Gasteiger partial charge is 0.480 e. The van der Waals surface area contributed by atoms with Gasteiger partial charge < -0.3 is 9.67 Å². The number of nitrogens with zero attached hydrogens (tertiary/aromatic N) is 3. The van der Waals surface area contributed by atoms with E-state index in [0.717, 1.165) is 9.82 Å². The van der Waals surface area contributed by atoms with E-state index in [0.29, 0.717) is 18.4 Å². The summed E-state index contributed by atoms with van der Waals surface area (Å²) in [6, 6.07) is 4.68. The fourth-order valence-electron chi connectivity index (χ4n) is 2.94. The third-order valence-corrected chi connectivity index (χ3v) is 6.34. The number of imidazole rings is 1. The molecule has 1 aromatic heterocycles. The Labute approximate surface area is 128 Å². The molecule has 3 rings (SSSR count). The number of carboxylic acid groups (broad SMARTS) is 1. The average Bonchev–Trinajstić information content (AvgIpc) is 3.04. The number of carbonyl (C=O) groups is 1. The zero-order valence-corrected chi connectivity index (χ0v) is 13.2. The van der Waals surface area contributed by atoms with Crippen molar-refractivity contribution in [2.45, 2.75) is 30.2 Å². The lowest BCUT2D eigenvalue weighted by Gasteiger charge is -2.30. The average molecular weight is 323 g/mol. The van der Waals surface area contributed by atoms with Gasteiger partial charge in [0.15, 0.2) is 0 Å². The molecule has 1 aromatic carbocycles. The van der Waals surface area contributed by atoms with E-state index in [1.165, 1.54) is 19.1 Å². The van der Waals surface area contributed by atoms with Crippen LogP contribution in [0.3, 0.4) is 0 Å². The Morgan fingerprint density at radius 3 is 2.82 bits per heavy atom. The van der Waals surface area contributed by atoms with Crippen molar-refractivity contribution in [3.63, 3.8) is 0 Å². The lowest BCUT2D eigenvalue weighted by Crippen LogP contribution is -2.50. The van der Waals surface area contributed by atoms with Crippen LogP contribution in [0.25, 0.3) is 11.0 Å². The van der Waals surface area contributed by atoms with Gasteiger partial charge in [0.25, 0.3) is 0 Å². The number of aliphatic carboxylic acids is 1. The predicted molar refractivity (Wildman–Crippen MR) is 79.9 cm³/mol. The lowest BCUT2D eigenvalue weighted by molar-refractivity contribution is -0.146. The van der Waals surface area contributed by atoms with Gasteiger partial charge in [0.1, 0.15) is 5.54 Å². The number of fused-ring (bicyclic) bond motifs is 1. The van der Waals surface area contributed by atoms with Crippen molar-refractivity contribution in [3.8, 4) is 0 Å². The van der Waals surface area contributed by atoms with Gasteiger partial charge in [-0.15, -0.1) is 0 Å². The molecule has 1 atom stereocenters. The highest BCUT2D eigenvalue weighted by molar-refractivity contribution is 7.89. The van der Waals surface area contributed by atoms with Crippen molar-refractivity contribution in [2.75, 3.05) is 6.54 Å². The molecule has 0 saturated carbocycles. The molecule has 2 heterocycles. The minimum atomic E-state index is -3.87. The quantitative estimate of drug-likeness (QED) is 0.916. The second kappa shape index (κ2) is 4.79. The van der Waals surface area contributed by atoms with Crippen LogP contribution in [0, 0.1) is 0 Å². The van der Waals surface area contributed by atoms with Crippen molar-refractivity contribution in [1.82, 2.24) is 13.9 Å². The Morgan fingerprint density at radius 2 is 2.14 bits per heavy atom. The molecule has 7 nitrogen and oxygen atoms in total. The molecule has 118 valence electrons. The first-order valence-electron chi connectivity index (χ1n) is 6.94. The maximum atomic E-state index is 12.8. The molecule has 0 radical (unpaired) electrons. The minimum absolute atomic E-state index is 0.0769. The second-order valence-electron chi connectivity index (χ2n) is 5.77. The van der Waals surface area contributed by atoms with Gasteiger partial charge in [-0.1, -0.05) is 0 Å². The molecule has 1 fully saturated rings. The maximum Gasteiger partial charge on any atom is 0.324 e. The van der Waals surface area contributed by atoms with E-state index in [1.807, 2.05) is 7.05 Å². The van der Waals surface area contributed by atoms with Gasteiger partial charge in [-0.3, -0.25) is 4.79 Å². The topological polar surface area (TPSA) is 92.5 Å². The van der Waals surface area contributed by atoms with Gasteiger partial charge in [-0.2, -0.15) is 4.31 Å². The van der Waals surface area contributed by atoms with Crippen LogP contribution in [0.4, 0.5) is 0 Å². The van der Waals surface area contributed by atoms with Crippen molar-refractivity contribution in [3.05, 3.63) is 24.5 Å². The molecular weight excluding hydrogens is 306 g/mol. The van der Waals surface area contributed by atoms with Gasteiger partial charge in [0.2, 0.25) is 10.0 Å². The molecule has 2 aromatic rings. The normalized spacial score (nSPS) is 23.2. The Hall–Kier alpha value is -1.93. The predicted octanol–water partition coefficient (Wildman–Crippen LogP) is 1.20. The van der Waals surface area contributed by atoms with Crippen molar-refractivity contribution in [1.29, 1.82) is 0 Å². The van der Waals surface area contributed by atoms with Gasteiger partial charge in [0, 0.05) is 13.6 Å². The summed E-state index contributed by atoms with van der Waals surface area (Å²) in [6.07, 6.45) is 2.46. The fraction of sp³-hybridized carbons (Fsp3) is 0.429. The summed E-state index contributed by atoms with van der Waals surface area (Å²) < 4.78 is 28.6. The molecule has 1 saturated heterocycles. The second-order valence-corrected chi connectivity index (χ2v) is 7.63. The molecule has 0 amide bonds. The van der Waals surface area contributed by atoms with E-state index in [-0.39, 0.29) is 11.4 Å². The molecular formula is C14H17N3O4S. The van der Waals surface area contributed by atoms with Gasteiger partial charge in [-0.25, -0.2) is 13.4 Å². The maximum absolute atomic E-state index is 12.8. The standard InChI is InChI=1S/C14H17N3O4S/c1-14(13(18)19)6-3-7-17(14)22(20,21)10-4-5-12-11(8-10)15-9-16(12)2/h4-5,8-9H,3,6-7H2,1-2H3,(H,18,19)/t14-/m0/s1. The van der Waals surface area contributed by atoms with Crippen LogP contribution in [0.1, 0.15) is 19.8 Å². The molecule has 8 heteroatoms. The number of carboxylic acids is 1. The molecule has 0 spiro atoms. The zero-order chi connectivity index (χ0) is 16.1. The first-order chi connectivity index (χ1) is 10.3. The van der Waals surface area contributed by atoms with E-state index in [4.69, 9.17) is 0 Å². The van der Waals surface area contributed by atoms with E-state index >= 15 is 0 Å². The van der Waals surface area contributed by atoms with Crippen molar-refractivity contribution < 1.29 is 18.3 Å². The van der Waals surface area contributed by atoms with Crippen LogP contribution in [-0.4, -0.2) is 45.4 Å². The fourth-order valence-corrected chi connectivity index (χ4v) is 4.77. The summed E-state index contributed by atoms with van der Waals surface area (Å²) in [5.74, 6) is -1.12. The van der Waals surface area contributed by atoms with Gasteiger partial charge >= 0.3 is 5.97 Å². The number of aryl methyl sites for hydroxylation is 1. The number of benzene rings is 1. The Kier molecular flexibility index (Phi) is 3.26. The Bertz CT molecular complexity index is 858. The van der Waals surface area contributed by atoms with Crippen molar-refractivity contribution >= 4 is 27.0 Å². The first-order valence-corrected chi connectivity index (χ1v) is 8.38. The number of rotatable bonds is 3. The summed E-state index contributed by atoms with van der Waals surface area (Å²) in [6.45, 7) is 1.67. The monoisotopic (exact) mass is 323 g/mol. The van der Waals surface area contributed by atoms with Gasteiger partial charge in [-0.05, 0) is 38.0 Å². The number of hydrogen-bond donors (Lipinski definition) is 1. The van der Waals surface area contributed by atoms with Crippen LogP contribution in [-0.2, 0) is 21.9 Å². The first kappa shape index (κ1) is 15.0. The molecule has 22 heavy (non-hydrogen) atoms. The number of aromatic nitrogens is 2. The summed E-state index contributed by atoms with van der Waals surface area (Å²) in [4.78, 5) is 15.7. The lowest BCUT2D eigenvalue weighted by atomic mass is 10.0. The molecule has 1 aliphatic rings. The van der Waals surface area contributed by atoms with Crippen LogP contribution in [0.15, 0.2) is 29.4 Å². The van der Waals surface area contributed by atoms with E-state index in [9.17, 15) is 18.3 Å². The highest BCUT2D eigenvalue weighted by Crippen LogP contribution is 2.35. The van der Waals surface area contributed by atoms with Crippen molar-refractivity contribution in [2.24, 2.45) is 7.05 Å². The smallest absolute Gasteiger partial charge is 0.324 e. The van der Waals surface area contributed by atoms with Crippen LogP contribution >= 0.6 is 0 Å². The third kappa shape index (κ3) is 2.02. The summed E-state index contributed by atoms with van der Waals surface area (Å²) >= 11 is 0. The minimum Gasteiger partial charge on any atom is -0.480 e. The Morgan fingerprint density at radius 1 is 1.41 bits per heavy atom. The molecule has 1 aliphatic heterocycles. The third-order valence-electron chi connectivity index (χ3n) is 4.32. The van der Waals surface area contributed by atoms with Crippen LogP contribution in [0.2, 0.25) is 0 Å². The number of sulfonamides is 1. The molecule has 0 bridgehead atoms. The van der Waals surface area contributed by atoms with Crippen LogP contribution < -0.4 is 0 Å². The SMILES string of the molecule is Cn1cnc2cc(S(=O)(=O)N3CCC[C@@]3(C)C(=O)O)ccc21. The van der Waals surface area contributed by atoms with E-state index in [2.05, 4.69) is 4.98 Å². The highest BCUT2D eigenvalue weighted by atomic mass is 32.2. The zero-order valence-electron chi connectivity index (χ0n) is 12.4. The van der Waals surface area contributed by atoms with E-state index < -0.39 is 21.5 Å². The Balaban J connectivity index is 2.10. The summed E-state index contributed by atoms with van der Waals surface area (Å²) in [5.41, 5.74) is -0.000995. The summed E-state index contributed by atoms with van der Waals surface area (Å²) in [7, 11) is -2.05. The van der Waals surface area contributed by atoms with E-state index in [1.54, 1.807) is 17.0 Å². The van der Waals surface area contributed by atoms with Gasteiger partial charge in [0.05, 0.1) is 22.3 Å². The number of hydrogen-bond acceptors (Lipinski definition) is 4. The molecule has 1 N–H and O–H groups in total. The van der Waals surface area contributed by atoms with Crippen LogP contribution in [0.5, 0.6) is 0 Å².